The summed E-state index contributed by atoms with van der Waals surface area (Å²) in [5.74, 6) is 1.10. The average molecular weight is 463 g/mol. The Kier molecular flexibility index (Phi) is 6.14. The Bertz CT molecular complexity index is 1180. The van der Waals surface area contributed by atoms with E-state index in [1.807, 2.05) is 15.8 Å². The number of likely N-dealkylation sites (tertiary alicyclic amines) is 1. The Hall–Kier alpha value is -3.53. The van der Waals surface area contributed by atoms with Crippen LogP contribution in [0.5, 0.6) is 0 Å². The van der Waals surface area contributed by atoms with Crippen LogP contribution in [0.2, 0.25) is 0 Å². The first-order valence-corrected chi connectivity index (χ1v) is 11.8. The van der Waals surface area contributed by atoms with Gasteiger partial charge < -0.3 is 15.5 Å². The van der Waals surface area contributed by atoms with Crippen molar-refractivity contribution in [1.82, 2.24) is 29.8 Å². The molecule has 178 valence electrons. The molecule has 10 heteroatoms. The van der Waals surface area contributed by atoms with Crippen LogP contribution in [0.3, 0.4) is 0 Å². The van der Waals surface area contributed by atoms with Gasteiger partial charge in [-0.2, -0.15) is 0 Å². The minimum atomic E-state index is -0.463. The van der Waals surface area contributed by atoms with E-state index in [1.165, 1.54) is 5.56 Å². The fourth-order valence-corrected chi connectivity index (χ4v) is 4.71. The number of carbonyl (C=O) groups excluding carboxylic acids is 2. The van der Waals surface area contributed by atoms with Gasteiger partial charge in [-0.25, -0.2) is 9.67 Å². The van der Waals surface area contributed by atoms with Crippen molar-refractivity contribution in [2.24, 2.45) is 11.7 Å². The molecular formula is C24H30N8O2. The Balaban J connectivity index is 1.08. The lowest BCUT2D eigenvalue weighted by molar-refractivity contribution is -0.134. The lowest BCUT2D eigenvalue weighted by Crippen LogP contribution is -2.55. The van der Waals surface area contributed by atoms with E-state index >= 15 is 0 Å². The first-order valence-electron chi connectivity index (χ1n) is 11.8. The molecular weight excluding hydrogens is 432 g/mol. The summed E-state index contributed by atoms with van der Waals surface area (Å²) in [4.78, 5) is 35.2. The Morgan fingerprint density at radius 1 is 1.09 bits per heavy atom. The first kappa shape index (κ1) is 22.3. The van der Waals surface area contributed by atoms with Crippen molar-refractivity contribution in [3.8, 4) is 0 Å². The van der Waals surface area contributed by atoms with Crippen LogP contribution in [-0.2, 0) is 17.8 Å². The van der Waals surface area contributed by atoms with Gasteiger partial charge in [0, 0.05) is 63.5 Å². The van der Waals surface area contributed by atoms with E-state index in [0.29, 0.717) is 24.6 Å². The summed E-state index contributed by atoms with van der Waals surface area (Å²) in [7, 11) is 0. The number of hydrogen-bond donors (Lipinski definition) is 1. The normalized spacial score (nSPS) is 17.2. The minimum absolute atomic E-state index is 0.185. The molecule has 2 aliphatic rings. The number of nitrogens with two attached hydrogens (primary N) is 1. The zero-order chi connectivity index (χ0) is 23.7. The quantitative estimate of drug-likeness (QED) is 0.552. The maximum absolute atomic E-state index is 12.8. The van der Waals surface area contributed by atoms with E-state index in [2.05, 4.69) is 44.2 Å². The molecule has 4 heterocycles. The van der Waals surface area contributed by atoms with Crippen LogP contribution in [0.25, 0.3) is 11.0 Å². The van der Waals surface area contributed by atoms with E-state index in [-0.39, 0.29) is 5.91 Å². The van der Waals surface area contributed by atoms with Gasteiger partial charge in [0.15, 0.2) is 0 Å². The first-order chi connectivity index (χ1) is 16.5. The van der Waals surface area contributed by atoms with Crippen molar-refractivity contribution in [3.63, 3.8) is 0 Å². The van der Waals surface area contributed by atoms with Crippen LogP contribution in [0.1, 0.15) is 22.8 Å². The molecule has 0 unspecified atom stereocenters. The van der Waals surface area contributed by atoms with Crippen molar-refractivity contribution in [2.45, 2.75) is 19.9 Å². The van der Waals surface area contributed by atoms with Gasteiger partial charge in [0.2, 0.25) is 11.8 Å². The summed E-state index contributed by atoms with van der Waals surface area (Å²) in [6.07, 6.45) is 2.92. The molecule has 0 spiro atoms. The van der Waals surface area contributed by atoms with E-state index in [9.17, 15) is 9.59 Å². The molecule has 2 N–H and O–H groups in total. The molecule has 2 aromatic heterocycles. The smallest absolute Gasteiger partial charge is 0.248 e. The predicted octanol–water partition coefficient (Wildman–Crippen LogP) is 0.768. The number of amides is 2. The number of piperazine rings is 1. The highest BCUT2D eigenvalue weighted by Crippen LogP contribution is 2.21. The molecule has 1 aromatic carbocycles. The van der Waals surface area contributed by atoms with Gasteiger partial charge in [0.25, 0.3) is 0 Å². The highest BCUT2D eigenvalue weighted by molar-refractivity contribution is 5.96. The Morgan fingerprint density at radius 3 is 2.56 bits per heavy atom. The number of anilines is 1. The van der Waals surface area contributed by atoms with E-state index in [1.54, 1.807) is 18.2 Å². The number of benzene rings is 1. The topological polar surface area (TPSA) is 113 Å². The summed E-state index contributed by atoms with van der Waals surface area (Å²) in [5.41, 5.74) is 8.63. The number of fused-ring (bicyclic) bond motifs is 1. The third-order valence-corrected chi connectivity index (χ3v) is 6.79. The van der Waals surface area contributed by atoms with Gasteiger partial charge in [-0.3, -0.25) is 14.5 Å². The van der Waals surface area contributed by atoms with Crippen LogP contribution in [0, 0.1) is 5.92 Å². The van der Waals surface area contributed by atoms with Gasteiger partial charge in [0.1, 0.15) is 11.3 Å². The van der Waals surface area contributed by atoms with Crippen molar-refractivity contribution in [2.75, 3.05) is 50.7 Å². The second-order valence-corrected chi connectivity index (χ2v) is 9.15. The molecule has 2 aliphatic heterocycles. The largest absolute Gasteiger partial charge is 0.366 e. The van der Waals surface area contributed by atoms with Gasteiger partial charge >= 0.3 is 0 Å². The molecule has 2 saturated heterocycles. The fraction of sp³-hybridized carbons (Fsp3) is 0.458. The van der Waals surface area contributed by atoms with Crippen molar-refractivity contribution in [3.05, 3.63) is 47.7 Å². The third kappa shape index (κ3) is 4.58. The predicted molar refractivity (Wildman–Crippen MR) is 128 cm³/mol. The van der Waals surface area contributed by atoms with Crippen molar-refractivity contribution in [1.29, 1.82) is 0 Å². The molecule has 3 aromatic rings. The number of hydrogen-bond acceptors (Lipinski definition) is 7. The summed E-state index contributed by atoms with van der Waals surface area (Å²) in [6, 6.07) is 9.37. The van der Waals surface area contributed by atoms with Gasteiger partial charge in [-0.1, -0.05) is 18.2 Å². The summed E-state index contributed by atoms with van der Waals surface area (Å²) < 4.78 is 1.83. The number of pyridine rings is 1. The lowest BCUT2D eigenvalue weighted by atomic mass is 10.00. The van der Waals surface area contributed by atoms with Crippen LogP contribution in [0.15, 0.2) is 36.5 Å². The maximum Gasteiger partial charge on any atom is 0.248 e. The number of nitrogens with zero attached hydrogens (tertiary/aromatic N) is 7. The SMILES string of the molecule is CCc1ccc(N2CCN(C(=O)CN3CC(Cn4nnc5ccc(C(N)=O)cc54)C3)CC2)nc1. The average Bonchev–Trinajstić information content (AvgIpc) is 3.24. The molecule has 0 bridgehead atoms. The Morgan fingerprint density at radius 2 is 1.88 bits per heavy atom. The molecule has 2 amide bonds. The molecule has 0 atom stereocenters. The van der Waals surface area contributed by atoms with Crippen LogP contribution in [0.4, 0.5) is 5.82 Å². The fourth-order valence-electron chi connectivity index (χ4n) is 4.71. The van der Waals surface area contributed by atoms with E-state index in [4.69, 9.17) is 5.73 Å². The van der Waals surface area contributed by atoms with Gasteiger partial charge in [-0.05, 0) is 36.2 Å². The monoisotopic (exact) mass is 462 g/mol. The molecule has 2 fully saturated rings. The zero-order valence-corrected chi connectivity index (χ0v) is 19.4. The standard InChI is InChI=1S/C24H30N8O2/c1-2-17-3-6-22(26-12-17)30-7-9-31(10-8-30)23(33)16-29-13-18(14-29)15-32-21-11-19(24(25)34)4-5-20(21)27-28-32/h3-6,11-12,18H,2,7-10,13-16H2,1H3,(H2,25,34). The highest BCUT2D eigenvalue weighted by Gasteiger charge is 2.31. The number of aromatic nitrogens is 4. The van der Waals surface area contributed by atoms with Crippen LogP contribution in [-0.4, -0.2) is 87.4 Å². The molecule has 0 radical (unpaired) electrons. The molecule has 10 nitrogen and oxygen atoms in total. The lowest BCUT2D eigenvalue weighted by Gasteiger charge is -2.41. The second kappa shape index (κ2) is 9.38. The van der Waals surface area contributed by atoms with Gasteiger partial charge in [-0.15, -0.1) is 5.10 Å². The Labute approximate surface area is 198 Å². The number of rotatable bonds is 7. The van der Waals surface area contributed by atoms with Crippen LogP contribution < -0.4 is 10.6 Å². The van der Waals surface area contributed by atoms with Crippen molar-refractivity contribution >= 4 is 28.7 Å². The molecule has 5 rings (SSSR count). The minimum Gasteiger partial charge on any atom is -0.366 e. The summed E-state index contributed by atoms with van der Waals surface area (Å²) in [5, 5.41) is 8.40. The van der Waals surface area contributed by atoms with Crippen molar-refractivity contribution < 1.29 is 9.59 Å². The number of primary amides is 1. The zero-order valence-electron chi connectivity index (χ0n) is 19.4. The number of carbonyl (C=O) groups is 2. The molecule has 0 aliphatic carbocycles. The molecule has 0 saturated carbocycles. The summed E-state index contributed by atoms with van der Waals surface area (Å²) >= 11 is 0. The maximum atomic E-state index is 12.8. The third-order valence-electron chi connectivity index (χ3n) is 6.79. The van der Waals surface area contributed by atoms with E-state index < -0.39 is 5.91 Å². The second-order valence-electron chi connectivity index (χ2n) is 9.15. The van der Waals surface area contributed by atoms with Crippen LogP contribution >= 0.6 is 0 Å². The summed E-state index contributed by atoms with van der Waals surface area (Å²) in [6.45, 7) is 8.02. The van der Waals surface area contributed by atoms with Gasteiger partial charge in [0.05, 0.1) is 12.1 Å². The highest BCUT2D eigenvalue weighted by atomic mass is 16.2. The van der Waals surface area contributed by atoms with E-state index in [0.717, 1.165) is 62.5 Å². The number of aryl methyl sites for hydroxylation is 1. The molecule has 34 heavy (non-hydrogen) atoms.